The highest BCUT2D eigenvalue weighted by atomic mass is 16.6. The van der Waals surface area contributed by atoms with Crippen molar-refractivity contribution in [2.45, 2.75) is 6.92 Å². The normalized spacial score (nSPS) is 10.2. The lowest BCUT2D eigenvalue weighted by Crippen LogP contribution is -2.10. The monoisotopic (exact) mass is 287 g/mol. The number of rotatable bonds is 6. The fraction of sp³-hybridized carbons (Fsp3) is 0.200. The number of nitro benzene ring substituents is 1. The molecule has 0 spiro atoms. The van der Waals surface area contributed by atoms with Crippen LogP contribution in [0, 0.1) is 17.0 Å². The minimum absolute atomic E-state index is 0.0360. The SMILES string of the molecule is Cc1ccc([N+](=O)[O-])c(Nc2cccc(OCCN)c2)c1. The van der Waals surface area contributed by atoms with Gasteiger partial charge in [-0.05, 0) is 30.7 Å². The molecule has 2 rings (SSSR count). The van der Waals surface area contributed by atoms with Crippen LogP contribution in [-0.2, 0) is 0 Å². The van der Waals surface area contributed by atoms with Gasteiger partial charge in [-0.2, -0.15) is 0 Å². The van der Waals surface area contributed by atoms with Crippen LogP contribution in [-0.4, -0.2) is 18.1 Å². The van der Waals surface area contributed by atoms with Crippen molar-refractivity contribution in [3.05, 3.63) is 58.1 Å². The summed E-state index contributed by atoms with van der Waals surface area (Å²) >= 11 is 0. The molecule has 0 atom stereocenters. The van der Waals surface area contributed by atoms with Crippen molar-refractivity contribution >= 4 is 17.1 Å². The molecule has 0 aliphatic rings. The predicted molar refractivity (Wildman–Crippen MR) is 82.1 cm³/mol. The molecular weight excluding hydrogens is 270 g/mol. The van der Waals surface area contributed by atoms with E-state index in [2.05, 4.69) is 5.32 Å². The van der Waals surface area contributed by atoms with Crippen molar-refractivity contribution < 1.29 is 9.66 Å². The van der Waals surface area contributed by atoms with E-state index in [4.69, 9.17) is 10.5 Å². The van der Waals surface area contributed by atoms with E-state index in [1.807, 2.05) is 25.1 Å². The maximum Gasteiger partial charge on any atom is 0.292 e. The minimum atomic E-state index is -0.406. The second-order valence-corrected chi connectivity index (χ2v) is 4.57. The van der Waals surface area contributed by atoms with Crippen LogP contribution >= 0.6 is 0 Å². The molecular formula is C15H17N3O3. The molecule has 0 aromatic heterocycles. The van der Waals surface area contributed by atoms with Gasteiger partial charge in [0.25, 0.3) is 5.69 Å². The Balaban J connectivity index is 2.25. The van der Waals surface area contributed by atoms with Gasteiger partial charge >= 0.3 is 0 Å². The largest absolute Gasteiger partial charge is 0.492 e. The van der Waals surface area contributed by atoms with E-state index in [1.54, 1.807) is 18.2 Å². The van der Waals surface area contributed by atoms with E-state index in [1.165, 1.54) is 6.07 Å². The zero-order chi connectivity index (χ0) is 15.2. The summed E-state index contributed by atoms with van der Waals surface area (Å²) in [6.45, 7) is 2.74. The molecule has 2 aromatic rings. The third-order valence-electron chi connectivity index (χ3n) is 2.85. The summed E-state index contributed by atoms with van der Waals surface area (Å²) in [5, 5.41) is 14.1. The van der Waals surface area contributed by atoms with Gasteiger partial charge in [0.05, 0.1) is 4.92 Å². The van der Waals surface area contributed by atoms with Gasteiger partial charge in [-0.25, -0.2) is 0 Å². The number of hydrogen-bond acceptors (Lipinski definition) is 5. The minimum Gasteiger partial charge on any atom is -0.492 e. The van der Waals surface area contributed by atoms with Gasteiger partial charge in [-0.1, -0.05) is 12.1 Å². The van der Waals surface area contributed by atoms with Gasteiger partial charge in [0.2, 0.25) is 0 Å². The van der Waals surface area contributed by atoms with Crippen molar-refractivity contribution in [2.24, 2.45) is 5.73 Å². The third kappa shape index (κ3) is 3.93. The Kier molecular flexibility index (Phi) is 4.73. The van der Waals surface area contributed by atoms with Gasteiger partial charge in [0.1, 0.15) is 18.0 Å². The number of nitrogens with zero attached hydrogens (tertiary/aromatic N) is 1. The topological polar surface area (TPSA) is 90.4 Å². The number of aryl methyl sites for hydroxylation is 1. The molecule has 0 aliphatic carbocycles. The number of ether oxygens (including phenoxy) is 1. The molecule has 0 amide bonds. The van der Waals surface area contributed by atoms with E-state index in [0.29, 0.717) is 24.6 Å². The highest BCUT2D eigenvalue weighted by Gasteiger charge is 2.13. The van der Waals surface area contributed by atoms with Gasteiger partial charge in [-0.15, -0.1) is 0 Å². The van der Waals surface area contributed by atoms with Crippen molar-refractivity contribution in [3.63, 3.8) is 0 Å². The molecule has 0 saturated heterocycles. The average Bonchev–Trinajstić information content (AvgIpc) is 2.45. The molecule has 21 heavy (non-hydrogen) atoms. The summed E-state index contributed by atoms with van der Waals surface area (Å²) in [4.78, 5) is 10.7. The molecule has 3 N–H and O–H groups in total. The smallest absolute Gasteiger partial charge is 0.292 e. The van der Waals surface area contributed by atoms with Gasteiger partial charge in [-0.3, -0.25) is 10.1 Å². The van der Waals surface area contributed by atoms with Crippen LogP contribution in [0.3, 0.4) is 0 Å². The van der Waals surface area contributed by atoms with E-state index >= 15 is 0 Å². The van der Waals surface area contributed by atoms with Gasteiger partial charge in [0, 0.05) is 24.4 Å². The maximum absolute atomic E-state index is 11.1. The Labute approximate surface area is 122 Å². The Morgan fingerprint density at radius 2 is 2.10 bits per heavy atom. The molecule has 0 saturated carbocycles. The Bertz CT molecular complexity index is 644. The summed E-state index contributed by atoms with van der Waals surface area (Å²) in [5.74, 6) is 0.667. The molecule has 0 fully saturated rings. The van der Waals surface area contributed by atoms with Crippen LogP contribution in [0.25, 0.3) is 0 Å². The zero-order valence-electron chi connectivity index (χ0n) is 11.7. The first-order valence-electron chi connectivity index (χ1n) is 6.55. The van der Waals surface area contributed by atoms with E-state index < -0.39 is 4.92 Å². The highest BCUT2D eigenvalue weighted by molar-refractivity contribution is 5.70. The quantitative estimate of drug-likeness (QED) is 0.629. The third-order valence-corrected chi connectivity index (χ3v) is 2.85. The van der Waals surface area contributed by atoms with Crippen molar-refractivity contribution in [1.82, 2.24) is 0 Å². The molecule has 0 unspecified atom stereocenters. The van der Waals surface area contributed by atoms with Crippen molar-refractivity contribution in [2.75, 3.05) is 18.5 Å². The summed E-state index contributed by atoms with van der Waals surface area (Å²) in [6, 6.07) is 12.2. The molecule has 0 aliphatic heterocycles. The Morgan fingerprint density at radius 1 is 1.29 bits per heavy atom. The Morgan fingerprint density at radius 3 is 2.81 bits per heavy atom. The number of nitrogens with one attached hydrogen (secondary N) is 1. The fourth-order valence-electron chi connectivity index (χ4n) is 1.91. The molecule has 0 heterocycles. The second-order valence-electron chi connectivity index (χ2n) is 4.57. The van der Waals surface area contributed by atoms with Crippen LogP contribution in [0.5, 0.6) is 5.75 Å². The van der Waals surface area contributed by atoms with Crippen molar-refractivity contribution in [3.8, 4) is 5.75 Å². The first-order chi connectivity index (χ1) is 10.1. The second kappa shape index (κ2) is 6.71. The summed E-state index contributed by atoms with van der Waals surface area (Å²) < 4.78 is 5.44. The molecule has 2 aromatic carbocycles. The summed E-state index contributed by atoms with van der Waals surface area (Å²) in [5.41, 5.74) is 7.55. The molecule has 110 valence electrons. The van der Waals surface area contributed by atoms with Crippen LogP contribution in [0.15, 0.2) is 42.5 Å². The van der Waals surface area contributed by atoms with Crippen LogP contribution in [0.4, 0.5) is 17.1 Å². The number of nitro groups is 1. The lowest BCUT2D eigenvalue weighted by Gasteiger charge is -2.10. The maximum atomic E-state index is 11.1. The van der Waals surface area contributed by atoms with Crippen LogP contribution in [0.2, 0.25) is 0 Å². The van der Waals surface area contributed by atoms with E-state index in [0.717, 1.165) is 11.3 Å². The number of anilines is 2. The first kappa shape index (κ1) is 14.8. The van der Waals surface area contributed by atoms with Gasteiger partial charge in [0.15, 0.2) is 0 Å². The fourth-order valence-corrected chi connectivity index (χ4v) is 1.91. The van der Waals surface area contributed by atoms with Crippen molar-refractivity contribution in [1.29, 1.82) is 0 Å². The zero-order valence-corrected chi connectivity index (χ0v) is 11.7. The van der Waals surface area contributed by atoms with E-state index in [9.17, 15) is 10.1 Å². The lowest BCUT2D eigenvalue weighted by molar-refractivity contribution is -0.383. The first-order valence-corrected chi connectivity index (χ1v) is 6.55. The summed E-state index contributed by atoms with van der Waals surface area (Å²) in [7, 11) is 0. The predicted octanol–water partition coefficient (Wildman–Crippen LogP) is 2.98. The number of benzene rings is 2. The highest BCUT2D eigenvalue weighted by Crippen LogP contribution is 2.29. The molecule has 0 bridgehead atoms. The van der Waals surface area contributed by atoms with E-state index in [-0.39, 0.29) is 5.69 Å². The molecule has 6 heteroatoms. The standard InChI is InChI=1S/C15H17N3O3/c1-11-5-6-15(18(19)20)14(9-11)17-12-3-2-4-13(10-12)21-8-7-16/h2-6,9-10,17H,7-8,16H2,1H3. The average molecular weight is 287 g/mol. The Hall–Kier alpha value is -2.60. The molecule has 0 radical (unpaired) electrons. The number of nitrogens with two attached hydrogens (primary N) is 1. The number of hydrogen-bond donors (Lipinski definition) is 2. The molecule has 6 nitrogen and oxygen atoms in total. The summed E-state index contributed by atoms with van der Waals surface area (Å²) in [6.07, 6.45) is 0. The van der Waals surface area contributed by atoms with Crippen LogP contribution in [0.1, 0.15) is 5.56 Å². The van der Waals surface area contributed by atoms with Gasteiger partial charge < -0.3 is 15.8 Å². The van der Waals surface area contributed by atoms with Crippen LogP contribution < -0.4 is 15.8 Å². The lowest BCUT2D eigenvalue weighted by atomic mass is 10.2.